The molecule has 90 heavy (non-hydrogen) atoms. The fourth-order valence-electron chi connectivity index (χ4n) is 12.0. The van der Waals surface area contributed by atoms with Gasteiger partial charge in [0.2, 0.25) is 0 Å². The molecule has 0 saturated carbocycles. The first-order valence-electron chi connectivity index (χ1n) is 39.7. The second-order valence-corrected chi connectivity index (χ2v) is 29.9. The topological polar surface area (TPSA) is 108 Å². The lowest BCUT2D eigenvalue weighted by atomic mass is 10.0. The summed E-state index contributed by atoms with van der Waals surface area (Å²) in [7, 11) is 1.50. The molecule has 10 heteroatoms. The second-order valence-electron chi connectivity index (χ2n) is 28.4. The Hall–Kier alpha value is -1.77. The molecule has 532 valence electrons. The highest BCUT2D eigenvalue weighted by Crippen LogP contribution is 2.43. The van der Waals surface area contributed by atoms with E-state index in [0.717, 1.165) is 38.5 Å². The molecule has 2 atom stereocenters. The number of nitrogens with zero attached hydrogens (tertiary/aromatic N) is 1. The number of phosphoric ester groups is 1. The van der Waals surface area contributed by atoms with E-state index < -0.39 is 26.5 Å². The average Bonchev–Trinajstić information content (AvgIpc) is 3.58. The van der Waals surface area contributed by atoms with Gasteiger partial charge in [-0.3, -0.25) is 18.6 Å². The summed E-state index contributed by atoms with van der Waals surface area (Å²) in [5, 5.41) is 0. The molecule has 1 N–H and O–H groups in total. The van der Waals surface area contributed by atoms with Crippen LogP contribution in [0.3, 0.4) is 0 Å². The number of carbonyl (C=O) groups excluding carboxylic acids is 2. The SMILES string of the molecule is CCCCCCC/C=C\C/C=C\CCCCCCCCCCCCCCCCCCCCCCCC(=O)OC(COC(=O)CCCCCCCCCCCCCCCCCCCCCCC/C=C\CCCCCCCCCC)COP(=O)(O)OCC[N+](C)(C)C. The molecule has 0 saturated heterocycles. The molecule has 0 aliphatic rings. The number of hydrogen-bond donors (Lipinski definition) is 1. The largest absolute Gasteiger partial charge is 0.472 e. The van der Waals surface area contributed by atoms with Gasteiger partial charge in [0, 0.05) is 12.8 Å². The Labute approximate surface area is 561 Å². The molecular formula is C80H155NO8P+. The zero-order chi connectivity index (χ0) is 65.5. The lowest BCUT2D eigenvalue weighted by molar-refractivity contribution is -0.870. The van der Waals surface area contributed by atoms with Crippen molar-refractivity contribution in [1.82, 2.24) is 0 Å². The quantitative estimate of drug-likeness (QED) is 0.0211. The molecule has 0 bridgehead atoms. The van der Waals surface area contributed by atoms with Crippen LogP contribution in [0.15, 0.2) is 36.5 Å². The third-order valence-corrected chi connectivity index (χ3v) is 19.1. The lowest BCUT2D eigenvalue weighted by Gasteiger charge is -2.24. The van der Waals surface area contributed by atoms with Crippen LogP contribution < -0.4 is 0 Å². The Kier molecular flexibility index (Phi) is 70.1. The van der Waals surface area contributed by atoms with Crippen molar-refractivity contribution >= 4 is 19.8 Å². The number of quaternary nitrogens is 1. The van der Waals surface area contributed by atoms with E-state index in [1.807, 2.05) is 21.1 Å². The van der Waals surface area contributed by atoms with Gasteiger partial charge in [-0.05, 0) is 70.6 Å². The number of ether oxygens (including phenoxy) is 2. The van der Waals surface area contributed by atoms with E-state index in [0.29, 0.717) is 23.9 Å². The first-order chi connectivity index (χ1) is 44.0. The molecule has 2 unspecified atom stereocenters. The Morgan fingerprint density at radius 2 is 0.600 bits per heavy atom. The molecular weight excluding hydrogens is 1130 g/mol. The predicted molar refractivity (Wildman–Crippen MR) is 390 cm³/mol. The number of likely N-dealkylation sites (N-methyl/N-ethyl adjacent to an activating group) is 1. The van der Waals surface area contributed by atoms with E-state index in [1.165, 1.54) is 340 Å². The van der Waals surface area contributed by atoms with E-state index >= 15 is 0 Å². The van der Waals surface area contributed by atoms with E-state index in [1.54, 1.807) is 0 Å². The van der Waals surface area contributed by atoms with Crippen molar-refractivity contribution < 1.29 is 42.1 Å². The van der Waals surface area contributed by atoms with Gasteiger partial charge in [-0.15, -0.1) is 0 Å². The van der Waals surface area contributed by atoms with Crippen LogP contribution in [0.1, 0.15) is 412 Å². The summed E-state index contributed by atoms with van der Waals surface area (Å²) in [6, 6.07) is 0. The smallest absolute Gasteiger partial charge is 0.462 e. The van der Waals surface area contributed by atoms with Crippen LogP contribution in [0, 0.1) is 0 Å². The minimum absolute atomic E-state index is 0.0352. The Balaban J connectivity index is 3.92. The number of phosphoric acid groups is 1. The molecule has 9 nitrogen and oxygen atoms in total. The number of esters is 2. The predicted octanol–water partition coefficient (Wildman–Crippen LogP) is 26.2. The zero-order valence-corrected chi connectivity index (χ0v) is 61.8. The number of allylic oxidation sites excluding steroid dienone is 6. The first kappa shape index (κ1) is 88.2. The van der Waals surface area contributed by atoms with Gasteiger partial charge in [-0.2, -0.15) is 0 Å². The molecule has 0 aliphatic carbocycles. The van der Waals surface area contributed by atoms with E-state index in [4.69, 9.17) is 18.5 Å². The van der Waals surface area contributed by atoms with Crippen LogP contribution in [0.4, 0.5) is 0 Å². The fourth-order valence-corrected chi connectivity index (χ4v) is 12.8. The van der Waals surface area contributed by atoms with Crippen molar-refractivity contribution in [3.8, 4) is 0 Å². The summed E-state index contributed by atoms with van der Waals surface area (Å²) in [5.41, 5.74) is 0. The molecule has 0 amide bonds. The summed E-state index contributed by atoms with van der Waals surface area (Å²) >= 11 is 0. The van der Waals surface area contributed by atoms with Crippen LogP contribution in [-0.4, -0.2) is 74.9 Å². The lowest BCUT2D eigenvalue weighted by Crippen LogP contribution is -2.37. The van der Waals surface area contributed by atoms with E-state index in [9.17, 15) is 19.0 Å². The maximum atomic E-state index is 12.9. The van der Waals surface area contributed by atoms with Crippen LogP contribution in [-0.2, 0) is 32.7 Å². The van der Waals surface area contributed by atoms with Crippen molar-refractivity contribution in [3.63, 3.8) is 0 Å². The third kappa shape index (κ3) is 75.3. The first-order valence-corrected chi connectivity index (χ1v) is 41.2. The van der Waals surface area contributed by atoms with Crippen molar-refractivity contribution in [1.29, 1.82) is 0 Å². The molecule has 0 fully saturated rings. The normalized spacial score (nSPS) is 13.2. The van der Waals surface area contributed by atoms with Gasteiger partial charge in [0.1, 0.15) is 19.8 Å². The molecule has 0 heterocycles. The van der Waals surface area contributed by atoms with Crippen molar-refractivity contribution in [3.05, 3.63) is 36.5 Å². The van der Waals surface area contributed by atoms with Crippen molar-refractivity contribution in [2.24, 2.45) is 0 Å². The van der Waals surface area contributed by atoms with Crippen LogP contribution in [0.5, 0.6) is 0 Å². The Morgan fingerprint density at radius 3 is 0.889 bits per heavy atom. The van der Waals surface area contributed by atoms with Crippen molar-refractivity contribution in [2.75, 3.05) is 47.5 Å². The van der Waals surface area contributed by atoms with Crippen LogP contribution >= 0.6 is 7.82 Å². The maximum absolute atomic E-state index is 12.9. The Bertz CT molecular complexity index is 1610. The second kappa shape index (κ2) is 71.5. The average molecular weight is 1290 g/mol. The Morgan fingerprint density at radius 1 is 0.344 bits per heavy atom. The number of unbranched alkanes of at least 4 members (excludes halogenated alkanes) is 55. The van der Waals surface area contributed by atoms with Gasteiger partial charge in [0.15, 0.2) is 6.10 Å². The van der Waals surface area contributed by atoms with Crippen molar-refractivity contribution in [2.45, 2.75) is 418 Å². The van der Waals surface area contributed by atoms with Gasteiger partial charge in [0.25, 0.3) is 0 Å². The number of hydrogen-bond acceptors (Lipinski definition) is 7. The summed E-state index contributed by atoms with van der Waals surface area (Å²) < 4.78 is 34.8. The molecule has 0 aromatic rings. The van der Waals surface area contributed by atoms with Gasteiger partial charge in [-0.25, -0.2) is 4.57 Å². The van der Waals surface area contributed by atoms with Crippen LogP contribution in [0.25, 0.3) is 0 Å². The molecule has 0 radical (unpaired) electrons. The standard InChI is InChI=1S/C80H154NO8P/c1-6-8-10-12-14-16-18-20-22-24-26-28-30-32-34-36-38-40-42-44-46-48-50-52-54-56-58-60-62-64-66-68-70-72-79(82)86-76-78(77-88-90(84,85)87-75-74-81(3,4)5)89-80(83)73-71-69-67-65-63-61-59-57-55-53-51-49-47-45-43-41-39-37-35-33-31-29-27-25-23-21-19-17-15-13-11-9-7-2/h19,21,24-27,78H,6-18,20,22-23,28-77H2,1-5H3/p+1/b21-19-,26-24-,27-25-. The molecule has 0 aromatic heterocycles. The minimum Gasteiger partial charge on any atom is -0.462 e. The molecule has 0 spiro atoms. The van der Waals surface area contributed by atoms with Gasteiger partial charge in [-0.1, -0.05) is 365 Å². The summed E-state index contributed by atoms with van der Waals surface area (Å²) in [5.74, 6) is -0.771. The van der Waals surface area contributed by atoms with Gasteiger partial charge in [0.05, 0.1) is 27.7 Å². The molecule has 0 aliphatic heterocycles. The van der Waals surface area contributed by atoms with Crippen LogP contribution in [0.2, 0.25) is 0 Å². The number of rotatable bonds is 75. The number of carbonyl (C=O) groups is 2. The highest BCUT2D eigenvalue weighted by atomic mass is 31.2. The van der Waals surface area contributed by atoms with E-state index in [2.05, 4.69) is 50.3 Å². The highest BCUT2D eigenvalue weighted by molar-refractivity contribution is 7.47. The van der Waals surface area contributed by atoms with Gasteiger partial charge < -0.3 is 18.9 Å². The third-order valence-electron chi connectivity index (χ3n) is 18.1. The summed E-state index contributed by atoms with van der Waals surface area (Å²) in [4.78, 5) is 36.0. The minimum atomic E-state index is -4.39. The zero-order valence-electron chi connectivity index (χ0n) is 60.9. The van der Waals surface area contributed by atoms with E-state index in [-0.39, 0.29) is 25.6 Å². The fraction of sp³-hybridized carbons (Fsp3) is 0.900. The summed E-state index contributed by atoms with van der Waals surface area (Å²) in [6.07, 6.45) is 92.9. The monoisotopic (exact) mass is 1290 g/mol. The molecule has 0 aromatic carbocycles. The van der Waals surface area contributed by atoms with Gasteiger partial charge >= 0.3 is 19.8 Å². The highest BCUT2D eigenvalue weighted by Gasteiger charge is 2.27. The molecule has 0 rings (SSSR count). The maximum Gasteiger partial charge on any atom is 0.472 e. The summed E-state index contributed by atoms with van der Waals surface area (Å²) in [6.45, 7) is 4.50.